The van der Waals surface area contributed by atoms with Gasteiger partial charge in [0, 0.05) is 11.3 Å². The number of hydrogen-bond donors (Lipinski definition) is 2. The fraction of sp³-hybridized carbons (Fsp3) is 0.500. The number of carbonyl (C=O) groups excluding carboxylic acids is 1. The summed E-state index contributed by atoms with van der Waals surface area (Å²) in [6.45, 7) is 2.05. The predicted octanol–water partition coefficient (Wildman–Crippen LogP) is 3.03. The second-order valence-electron chi connectivity index (χ2n) is 6.38. The molecule has 0 heterocycles. The first-order chi connectivity index (χ1) is 11.1. The Morgan fingerprint density at radius 2 is 1.91 bits per heavy atom. The lowest BCUT2D eigenvalue weighted by molar-refractivity contribution is 0.0938. The van der Waals surface area contributed by atoms with E-state index in [0.29, 0.717) is 23.0 Å². The maximum Gasteiger partial charge on any atom is 0.269 e. The predicted molar refractivity (Wildman–Crippen MR) is 88.3 cm³/mol. The molecule has 2 fully saturated rings. The molecule has 0 spiro atoms. The van der Waals surface area contributed by atoms with Crippen LogP contribution in [0.1, 0.15) is 43.0 Å². The summed E-state index contributed by atoms with van der Waals surface area (Å²) >= 11 is 0. The third-order valence-corrected chi connectivity index (χ3v) is 5.03. The van der Waals surface area contributed by atoms with Gasteiger partial charge < -0.3 is 14.9 Å². The van der Waals surface area contributed by atoms with Crippen LogP contribution in [0.15, 0.2) is 29.5 Å². The van der Waals surface area contributed by atoms with Gasteiger partial charge in [-0.3, -0.25) is 10.2 Å². The summed E-state index contributed by atoms with van der Waals surface area (Å²) in [5.41, 5.74) is 8.96. The molecule has 2 N–H and O–H groups in total. The fourth-order valence-corrected chi connectivity index (χ4v) is 3.79. The first-order valence-corrected chi connectivity index (χ1v) is 8.10. The average Bonchev–Trinajstić information content (AvgIpc) is 3.21. The van der Waals surface area contributed by atoms with Crippen LogP contribution in [0.4, 0.5) is 0 Å². The molecule has 3 rings (SSSR count). The van der Waals surface area contributed by atoms with Crippen LogP contribution in [0, 0.1) is 11.8 Å². The minimum absolute atomic E-state index is 0.186. The van der Waals surface area contributed by atoms with Gasteiger partial charge in [0.15, 0.2) is 11.5 Å². The quantitative estimate of drug-likeness (QED) is 0.820. The molecule has 0 unspecified atom stereocenters. The van der Waals surface area contributed by atoms with E-state index in [-0.39, 0.29) is 5.91 Å². The monoisotopic (exact) mass is 316 g/mol. The Labute approximate surface area is 137 Å². The number of amides is 1. The van der Waals surface area contributed by atoms with E-state index in [1.807, 2.05) is 6.92 Å². The van der Waals surface area contributed by atoms with Crippen molar-refractivity contribution in [1.82, 2.24) is 10.9 Å². The number of hydrogen-bond acceptors (Lipinski definition) is 4. The standard InChI is InChI=1S/C18H24N2O3/c1-11(15-9-12-4-5-13(15)8-12)19-20-18(21)14-6-7-16(22-2)17(10-14)23-3/h6-7,10,12-13,19H,4-5,8-9H2,1-3H3,(H,20,21)/b15-11+/t12-,13+/m0/s1. The summed E-state index contributed by atoms with van der Waals surface area (Å²) in [6.07, 6.45) is 5.15. The summed E-state index contributed by atoms with van der Waals surface area (Å²) < 4.78 is 10.4. The number of benzene rings is 1. The first-order valence-electron chi connectivity index (χ1n) is 8.10. The smallest absolute Gasteiger partial charge is 0.269 e. The van der Waals surface area contributed by atoms with Crippen molar-refractivity contribution >= 4 is 5.91 Å². The average molecular weight is 316 g/mol. The maximum absolute atomic E-state index is 12.3. The molecular formula is C18H24N2O3. The van der Waals surface area contributed by atoms with Crippen molar-refractivity contribution in [3.05, 3.63) is 35.0 Å². The minimum atomic E-state index is -0.186. The van der Waals surface area contributed by atoms with Crippen LogP contribution in [0.25, 0.3) is 0 Å². The molecule has 1 amide bonds. The van der Waals surface area contributed by atoms with Crippen molar-refractivity contribution in [3.63, 3.8) is 0 Å². The van der Waals surface area contributed by atoms with Crippen molar-refractivity contribution in [2.45, 2.75) is 32.6 Å². The zero-order valence-corrected chi connectivity index (χ0v) is 13.9. The van der Waals surface area contributed by atoms with E-state index in [9.17, 15) is 4.79 Å². The number of rotatable bonds is 5. The Kier molecular flexibility index (Phi) is 4.46. The Morgan fingerprint density at radius 1 is 1.13 bits per heavy atom. The minimum Gasteiger partial charge on any atom is -0.493 e. The van der Waals surface area contributed by atoms with Crippen LogP contribution in [-0.4, -0.2) is 20.1 Å². The number of fused-ring (bicyclic) bond motifs is 2. The molecule has 0 saturated heterocycles. The zero-order valence-electron chi connectivity index (χ0n) is 13.9. The maximum atomic E-state index is 12.3. The van der Waals surface area contributed by atoms with Gasteiger partial charge in [-0.15, -0.1) is 0 Å². The largest absolute Gasteiger partial charge is 0.493 e. The van der Waals surface area contributed by atoms with E-state index in [0.717, 1.165) is 11.6 Å². The van der Waals surface area contributed by atoms with E-state index in [4.69, 9.17) is 9.47 Å². The number of nitrogens with one attached hydrogen (secondary N) is 2. The van der Waals surface area contributed by atoms with Crippen LogP contribution in [0.2, 0.25) is 0 Å². The highest BCUT2D eigenvalue weighted by atomic mass is 16.5. The van der Waals surface area contributed by atoms with Crippen LogP contribution in [0.3, 0.4) is 0 Å². The number of allylic oxidation sites excluding steroid dienone is 2. The molecule has 2 aliphatic rings. The molecule has 1 aromatic rings. The summed E-state index contributed by atoms with van der Waals surface area (Å²) in [6, 6.07) is 5.13. The van der Waals surface area contributed by atoms with Crippen LogP contribution in [0.5, 0.6) is 11.5 Å². The van der Waals surface area contributed by atoms with Gasteiger partial charge in [-0.2, -0.15) is 0 Å². The highest BCUT2D eigenvalue weighted by molar-refractivity contribution is 5.94. The number of hydrazine groups is 1. The number of carbonyl (C=O) groups is 1. The Balaban J connectivity index is 1.64. The van der Waals surface area contributed by atoms with Crippen LogP contribution in [-0.2, 0) is 0 Å². The lowest BCUT2D eigenvalue weighted by atomic mass is 9.93. The van der Waals surface area contributed by atoms with Crippen molar-refractivity contribution < 1.29 is 14.3 Å². The molecule has 5 nitrogen and oxygen atoms in total. The second-order valence-corrected chi connectivity index (χ2v) is 6.38. The zero-order chi connectivity index (χ0) is 16.4. The third-order valence-electron chi connectivity index (χ3n) is 5.03. The second kappa shape index (κ2) is 6.52. The lowest BCUT2D eigenvalue weighted by Gasteiger charge is -2.18. The van der Waals surface area contributed by atoms with Crippen molar-refractivity contribution in [2.24, 2.45) is 11.8 Å². The van der Waals surface area contributed by atoms with Crippen LogP contribution >= 0.6 is 0 Å². The molecule has 23 heavy (non-hydrogen) atoms. The normalized spacial score (nSPS) is 24.3. The van der Waals surface area contributed by atoms with E-state index >= 15 is 0 Å². The number of ether oxygens (including phenoxy) is 2. The van der Waals surface area contributed by atoms with Gasteiger partial charge in [0.05, 0.1) is 14.2 Å². The molecular weight excluding hydrogens is 292 g/mol. The Hall–Kier alpha value is -2.17. The van der Waals surface area contributed by atoms with Crippen molar-refractivity contribution in [1.29, 1.82) is 0 Å². The summed E-state index contributed by atoms with van der Waals surface area (Å²) in [5, 5.41) is 0. The van der Waals surface area contributed by atoms with Gasteiger partial charge in [0.1, 0.15) is 0 Å². The third kappa shape index (κ3) is 3.14. The highest BCUT2D eigenvalue weighted by Crippen LogP contribution is 2.48. The lowest BCUT2D eigenvalue weighted by Crippen LogP contribution is -2.36. The molecule has 2 aliphatic carbocycles. The molecule has 1 aromatic carbocycles. The Morgan fingerprint density at radius 3 is 2.52 bits per heavy atom. The SMILES string of the molecule is COc1ccc(C(=O)NN/C(C)=C2\C[C@H]3CC[C@@H]2C3)cc1OC. The van der Waals surface area contributed by atoms with Gasteiger partial charge in [-0.05, 0) is 68.2 Å². The molecule has 5 heteroatoms. The molecule has 0 aromatic heterocycles. The molecule has 2 saturated carbocycles. The summed E-state index contributed by atoms with van der Waals surface area (Å²) in [7, 11) is 3.13. The fourth-order valence-electron chi connectivity index (χ4n) is 3.79. The highest BCUT2D eigenvalue weighted by Gasteiger charge is 2.36. The van der Waals surface area contributed by atoms with E-state index < -0.39 is 0 Å². The van der Waals surface area contributed by atoms with Crippen molar-refractivity contribution in [3.8, 4) is 11.5 Å². The molecule has 2 atom stereocenters. The molecule has 2 bridgehead atoms. The molecule has 0 aliphatic heterocycles. The van der Waals surface area contributed by atoms with E-state index in [1.165, 1.54) is 31.3 Å². The van der Waals surface area contributed by atoms with E-state index in [1.54, 1.807) is 32.4 Å². The Bertz CT molecular complexity index is 639. The van der Waals surface area contributed by atoms with Gasteiger partial charge >= 0.3 is 0 Å². The van der Waals surface area contributed by atoms with Gasteiger partial charge in [-0.1, -0.05) is 0 Å². The molecule has 0 radical (unpaired) electrons. The summed E-state index contributed by atoms with van der Waals surface area (Å²) in [4.78, 5) is 12.3. The topological polar surface area (TPSA) is 59.6 Å². The number of methoxy groups -OCH3 is 2. The van der Waals surface area contributed by atoms with Crippen LogP contribution < -0.4 is 20.3 Å². The molecule has 124 valence electrons. The van der Waals surface area contributed by atoms with Gasteiger partial charge in [0.25, 0.3) is 5.91 Å². The van der Waals surface area contributed by atoms with Gasteiger partial charge in [-0.25, -0.2) is 0 Å². The van der Waals surface area contributed by atoms with Gasteiger partial charge in [0.2, 0.25) is 0 Å². The van der Waals surface area contributed by atoms with Crippen molar-refractivity contribution in [2.75, 3.05) is 14.2 Å². The van der Waals surface area contributed by atoms with E-state index in [2.05, 4.69) is 10.9 Å². The summed E-state index contributed by atoms with van der Waals surface area (Å²) in [5.74, 6) is 2.54. The first kappa shape index (κ1) is 15.7.